The van der Waals surface area contributed by atoms with Gasteiger partial charge in [0.15, 0.2) is 9.84 Å². The van der Waals surface area contributed by atoms with Gasteiger partial charge in [-0.1, -0.05) is 114 Å². The molecule has 22 heteroatoms. The molecule has 2 atom stereocenters. The molecule has 4 heterocycles. The fourth-order valence-corrected chi connectivity index (χ4v) is 16.7. The van der Waals surface area contributed by atoms with Crippen molar-refractivity contribution in [2.75, 3.05) is 46.9 Å². The van der Waals surface area contributed by atoms with Gasteiger partial charge in [-0.3, -0.25) is 19.2 Å². The molecule has 2 aliphatic carbocycles. The molecule has 4 aliphatic rings. The summed E-state index contributed by atoms with van der Waals surface area (Å²) in [4.78, 5) is 66.7. The second kappa shape index (κ2) is 28.5. The quantitative estimate of drug-likeness (QED) is 0.0721. The van der Waals surface area contributed by atoms with Gasteiger partial charge in [0.2, 0.25) is 11.8 Å². The van der Waals surface area contributed by atoms with Crippen LogP contribution in [-0.4, -0.2) is 112 Å². The summed E-state index contributed by atoms with van der Waals surface area (Å²) in [6.45, 7) is 16.3. The first kappa shape index (κ1) is 69.1. The summed E-state index contributed by atoms with van der Waals surface area (Å²) in [7, 11) is 4.76. The number of rotatable bonds is 16. The number of carbonyl (C=O) groups is 4. The van der Waals surface area contributed by atoms with Crippen LogP contribution in [0.2, 0.25) is 20.1 Å². The number of hydrogen-bond donors (Lipinski definition) is 4. The Hall–Kier alpha value is -5.24. The molecule has 0 spiro atoms. The summed E-state index contributed by atoms with van der Waals surface area (Å²) in [5.41, 5.74) is 7.94. The van der Waals surface area contributed by atoms with Crippen molar-refractivity contribution in [3.8, 4) is 0 Å². The number of halogens is 4. The van der Waals surface area contributed by atoms with Gasteiger partial charge in [-0.15, -0.1) is 0 Å². The van der Waals surface area contributed by atoms with Gasteiger partial charge in [-0.05, 0) is 140 Å². The number of carbonyl (C=O) groups excluding carboxylic acids is 4. The molecule has 2 saturated heterocycles. The van der Waals surface area contributed by atoms with Crippen molar-refractivity contribution in [1.29, 1.82) is 0 Å². The van der Waals surface area contributed by atoms with Gasteiger partial charge in [0.25, 0.3) is 11.8 Å². The van der Waals surface area contributed by atoms with Crippen molar-refractivity contribution >= 4 is 125 Å². The number of nitrogens with one attached hydrogen (secondary N) is 4. The Morgan fingerprint density at radius 3 is 1.38 bits per heavy atom. The van der Waals surface area contributed by atoms with E-state index in [1.165, 1.54) is 0 Å². The summed E-state index contributed by atoms with van der Waals surface area (Å²) in [6, 6.07) is 15.6. The zero-order chi connectivity index (χ0) is 65.3. The van der Waals surface area contributed by atoms with Crippen molar-refractivity contribution in [2.45, 2.75) is 170 Å². The molecule has 4 aromatic carbocycles. The fraction of sp³-hybridized carbons (Fsp3) is 0.559. The first-order chi connectivity index (χ1) is 42.4. The Morgan fingerprint density at radius 1 is 0.600 bits per heavy atom. The third kappa shape index (κ3) is 16.2. The van der Waals surface area contributed by atoms with Crippen LogP contribution in [0, 0.1) is 22.7 Å². The minimum absolute atomic E-state index is 0.0257. The van der Waals surface area contributed by atoms with E-state index in [0.29, 0.717) is 91.6 Å². The van der Waals surface area contributed by atoms with E-state index in [0.717, 1.165) is 120 Å². The molecule has 10 rings (SSSR count). The van der Waals surface area contributed by atoms with E-state index in [-0.39, 0.29) is 59.8 Å². The highest BCUT2D eigenvalue weighted by atomic mass is 35.5. The van der Waals surface area contributed by atoms with E-state index in [2.05, 4.69) is 57.7 Å². The lowest BCUT2D eigenvalue weighted by molar-refractivity contribution is -0.129. The van der Waals surface area contributed by atoms with Crippen molar-refractivity contribution in [1.82, 2.24) is 40.4 Å². The molecule has 0 radical (unpaired) electrons. The standard InChI is InChI=1S/C34H45Cl2N5O4S.C34H45Cl2N5O2S/c1-20-7-10-22(11-8-20)38-32(42)25-15-27-29(17-28(25)40(5)23-13-14-46(44,45)19-23)41(6)30(39-27)16-24-26(35)12-9-21(31(24)36)18-37-33(43)34(2,3)4;1-20-7-10-22(11-8-20)38-32(42)25-15-27-29(17-28(25)40(5)23-13-14-44-19-23)41(6)30(39-27)16-24-26(35)12-9-21(31(24)36)18-37-33(43)34(2,3)4/h9,12,15,17,20,22-23H,7-8,10-11,13-14,16,18-19H2,1-6H3,(H,37,43)(H,38,42);9,12,15,17,20,22-23H,7-8,10-11,13-14,16,18-19H2,1-6H3,(H,37,43)(H,38,42). The number of aromatic nitrogens is 4. The number of nitrogens with zero attached hydrogens (tertiary/aromatic N) is 6. The second-order valence-electron chi connectivity index (χ2n) is 27.8. The number of sulfone groups is 1. The average molecular weight is 1350 g/mol. The minimum atomic E-state index is -3.13. The van der Waals surface area contributed by atoms with Crippen LogP contribution < -0.4 is 31.1 Å². The molecule has 2 saturated carbocycles. The number of aryl methyl sites for hydroxylation is 2. The summed E-state index contributed by atoms with van der Waals surface area (Å²) in [6.07, 6.45) is 10.7. The Balaban J connectivity index is 0.000000214. The number of amides is 4. The highest BCUT2D eigenvalue weighted by Crippen LogP contribution is 2.38. The number of fused-ring (bicyclic) bond motifs is 2. The van der Waals surface area contributed by atoms with Crippen LogP contribution in [0.1, 0.15) is 174 Å². The van der Waals surface area contributed by atoms with Gasteiger partial charge >= 0.3 is 0 Å². The molecular weight excluding hydrogens is 1260 g/mol. The lowest BCUT2D eigenvalue weighted by atomic mass is 9.87. The normalized spacial score (nSPS) is 21.0. The monoisotopic (exact) mass is 1350 g/mol. The maximum Gasteiger partial charge on any atom is 0.253 e. The molecule has 4 N–H and O–H groups in total. The topological polar surface area (TPSA) is 193 Å². The van der Waals surface area contributed by atoms with Gasteiger partial charge in [-0.2, -0.15) is 11.8 Å². The summed E-state index contributed by atoms with van der Waals surface area (Å²) < 4.78 is 28.8. The maximum absolute atomic E-state index is 13.8. The number of thioether (sulfide) groups is 1. The van der Waals surface area contributed by atoms with E-state index in [1.807, 2.05) is 120 Å². The molecule has 90 heavy (non-hydrogen) atoms. The van der Waals surface area contributed by atoms with Gasteiger partial charge in [0.05, 0.1) is 66.1 Å². The average Bonchev–Trinajstić information content (AvgIpc) is 1.84. The predicted octanol–water partition coefficient (Wildman–Crippen LogP) is 13.4. The Kier molecular flexibility index (Phi) is 21.9. The van der Waals surface area contributed by atoms with Crippen molar-refractivity contribution in [2.24, 2.45) is 36.8 Å². The van der Waals surface area contributed by atoms with Crippen LogP contribution in [0.5, 0.6) is 0 Å². The molecule has 4 fully saturated rings. The predicted molar refractivity (Wildman–Crippen MR) is 370 cm³/mol. The van der Waals surface area contributed by atoms with E-state index < -0.39 is 20.7 Å². The third-order valence-corrected chi connectivity index (χ3v) is 23.3. The van der Waals surface area contributed by atoms with Crippen molar-refractivity contribution in [3.63, 3.8) is 0 Å². The van der Waals surface area contributed by atoms with Crippen LogP contribution in [0.4, 0.5) is 11.4 Å². The molecule has 2 aromatic heterocycles. The van der Waals surface area contributed by atoms with Crippen LogP contribution in [0.3, 0.4) is 0 Å². The number of imidazole rings is 2. The SMILES string of the molecule is CC1CCC(NC(=O)c2cc3nc(Cc4c(Cl)ccc(CNC(=O)C(C)(C)C)c4Cl)n(C)c3cc2N(C)C2CCS(=O)(=O)C2)CC1.CC1CCC(NC(=O)c2cc3nc(Cc4c(Cl)ccc(CNC(=O)C(C)(C)C)c4Cl)n(C)c3cc2N(C)C2CCSC2)CC1. The minimum Gasteiger partial charge on any atom is -0.370 e. The van der Waals surface area contributed by atoms with Gasteiger partial charge < -0.3 is 40.2 Å². The van der Waals surface area contributed by atoms with E-state index >= 15 is 0 Å². The van der Waals surface area contributed by atoms with Gasteiger partial charge in [0.1, 0.15) is 11.6 Å². The van der Waals surface area contributed by atoms with Crippen molar-refractivity contribution < 1.29 is 27.6 Å². The van der Waals surface area contributed by atoms with Crippen LogP contribution in [-0.2, 0) is 59.5 Å². The number of hydrogen-bond acceptors (Lipinski definition) is 11. The zero-order valence-electron chi connectivity index (χ0n) is 54.3. The first-order valence-corrected chi connectivity index (χ1v) is 36.2. The number of benzene rings is 4. The van der Waals surface area contributed by atoms with E-state index in [9.17, 15) is 27.6 Å². The maximum atomic E-state index is 13.8. The molecule has 488 valence electrons. The summed E-state index contributed by atoms with van der Waals surface area (Å²) in [5.74, 6) is 4.94. The smallest absolute Gasteiger partial charge is 0.253 e. The largest absolute Gasteiger partial charge is 0.370 e. The van der Waals surface area contributed by atoms with Gasteiger partial charge in [0, 0.05) is 105 Å². The van der Waals surface area contributed by atoms with Gasteiger partial charge in [-0.25, -0.2) is 18.4 Å². The lowest BCUT2D eigenvalue weighted by Crippen LogP contribution is -2.39. The molecule has 6 aromatic rings. The summed E-state index contributed by atoms with van der Waals surface area (Å²) >= 11 is 29.0. The highest BCUT2D eigenvalue weighted by molar-refractivity contribution is 7.99. The van der Waals surface area contributed by atoms with E-state index in [1.54, 1.807) is 6.07 Å². The van der Waals surface area contributed by atoms with E-state index in [4.69, 9.17) is 56.4 Å². The first-order valence-electron chi connectivity index (χ1n) is 31.7. The molecule has 2 aliphatic heterocycles. The fourth-order valence-electron chi connectivity index (χ4n) is 12.5. The zero-order valence-corrected chi connectivity index (χ0v) is 58.9. The molecular formula is C68H90Cl4N10O6S2. The third-order valence-electron chi connectivity index (χ3n) is 18.8. The Morgan fingerprint density at radius 2 is 1.01 bits per heavy atom. The Labute approximate surface area is 556 Å². The molecule has 0 bridgehead atoms. The molecule has 2 unspecified atom stereocenters. The molecule has 16 nitrogen and oxygen atoms in total. The highest BCUT2D eigenvalue weighted by Gasteiger charge is 2.35. The van der Waals surface area contributed by atoms with Crippen LogP contribution in [0.25, 0.3) is 22.1 Å². The lowest BCUT2D eigenvalue weighted by Gasteiger charge is -2.30. The number of anilines is 2. The Bertz CT molecular complexity index is 3780. The van der Waals surface area contributed by atoms with Crippen LogP contribution >= 0.6 is 58.2 Å². The summed E-state index contributed by atoms with van der Waals surface area (Å²) in [5, 5.41) is 14.6. The molecule has 4 amide bonds. The second-order valence-corrected chi connectivity index (χ2v) is 32.7. The van der Waals surface area contributed by atoms with Crippen LogP contribution in [0.15, 0.2) is 48.5 Å². The van der Waals surface area contributed by atoms with Crippen molar-refractivity contribution in [3.05, 3.63) is 114 Å².